The average molecular weight is 1640 g/mol. The molecule has 9 aromatic rings. The molecule has 0 aromatic heterocycles. The fraction of sp³-hybridized carbons (Fsp3) is 0.275. The van der Waals surface area contributed by atoms with Gasteiger partial charge in [0, 0.05) is 7.11 Å². The summed E-state index contributed by atoms with van der Waals surface area (Å²) in [5.41, 5.74) is -1.06. The molecule has 15 atom stereocenters. The van der Waals surface area contributed by atoms with Crippen molar-refractivity contribution in [2.75, 3.05) is 26.9 Å². The van der Waals surface area contributed by atoms with Crippen LogP contribution in [0.3, 0.4) is 0 Å². The highest BCUT2D eigenvalue weighted by Gasteiger charge is 2.65. The fourth-order valence-corrected chi connectivity index (χ4v) is 16.5. The zero-order valence-corrected chi connectivity index (χ0v) is 66.6. The number of carbonyl (C=O) groups excluding carboxylic acids is 12. The zero-order valence-electron chi connectivity index (χ0n) is 65.6. The van der Waals surface area contributed by atoms with Crippen LogP contribution >= 0.6 is 0 Å². The first-order chi connectivity index (χ1) is 57.9. The van der Waals surface area contributed by atoms with Crippen LogP contribution < -0.4 is 0 Å². The number of carbonyl (C=O) groups is 12. The van der Waals surface area contributed by atoms with Crippen LogP contribution in [0.2, 0.25) is 18.1 Å². The van der Waals surface area contributed by atoms with Crippen molar-refractivity contribution in [1.82, 2.24) is 14.7 Å². The summed E-state index contributed by atoms with van der Waals surface area (Å²) < 4.78 is 88.6. The number of methoxy groups -OCH3 is 1. The minimum absolute atomic E-state index is 0.0261. The van der Waals surface area contributed by atoms with E-state index in [-0.39, 0.29) is 66.8 Å². The van der Waals surface area contributed by atoms with E-state index in [9.17, 15) is 14.4 Å². The van der Waals surface area contributed by atoms with E-state index < -0.39 is 196 Å². The maximum atomic E-state index is 16.1. The molecule has 614 valence electrons. The van der Waals surface area contributed by atoms with Gasteiger partial charge in [-0.1, -0.05) is 166 Å². The van der Waals surface area contributed by atoms with Crippen LogP contribution in [0, 0.1) is 0 Å². The zero-order chi connectivity index (χ0) is 84.3. The molecule has 3 fully saturated rings. The van der Waals surface area contributed by atoms with Crippen molar-refractivity contribution >= 4 is 79.6 Å². The summed E-state index contributed by atoms with van der Waals surface area (Å²) in [4.78, 5) is 187. The molecule has 0 saturated carbocycles. The summed E-state index contributed by atoms with van der Waals surface area (Å²) >= 11 is 0. The molecule has 0 aliphatic carbocycles. The number of ether oxygens (including phenoxy) is 12. The van der Waals surface area contributed by atoms with E-state index in [4.69, 9.17) is 61.3 Å². The van der Waals surface area contributed by atoms with Gasteiger partial charge in [0.1, 0.15) is 74.6 Å². The Morgan fingerprint density at radius 2 is 0.525 bits per heavy atom. The maximum Gasteiger partial charge on any atom is 0.338 e. The Kier molecular flexibility index (Phi) is 24.0. The van der Waals surface area contributed by atoms with Gasteiger partial charge in [-0.25, -0.2) is 28.8 Å². The summed E-state index contributed by atoms with van der Waals surface area (Å²) in [6.07, 6.45) is -24.6. The highest BCUT2D eigenvalue weighted by molar-refractivity contribution is 6.74. The summed E-state index contributed by atoms with van der Waals surface area (Å²) in [7, 11) is -2.16. The maximum absolute atomic E-state index is 16.1. The second kappa shape index (κ2) is 35.0. The standard InChI is InChI=1S/C91H81N3O25Si/c1-91(2,3)120(5,6)119-72-66(51-110-84(103)54-35-17-9-18-36-54)113-90(69(75(72)116-87(106)57-41-23-12-24-42-57)94-80(99)62-47-29-30-48-63(62)81(94)100)118-71-65(50-109-83(102)53-33-15-8-16-34-53)112-89(68(74(71)115-86(105)56-39-21-11-22-40-56)93-78(97)60-45-27-28-46-61(60)79(93)98)117-70-64(49-108-82(101)52-31-13-7-14-32-52)111-88(107-4)67(73(70)114-85(104)55-37-19-10-20-38-55)92-76(95)58-43-25-26-44-59(58)77(92)96/h7-48,64-75,88-90H,49-51H2,1-6H3/t64?,65?,66?,67-,68+,69-,70+,71?,72+,73?,74-,75?,88+,89?,90-/m1/s1. The van der Waals surface area contributed by atoms with E-state index in [0.717, 1.165) is 9.80 Å². The first-order valence-electron chi connectivity index (χ1n) is 38.7. The molecule has 6 amide bonds. The molecule has 120 heavy (non-hydrogen) atoms. The monoisotopic (exact) mass is 1640 g/mol. The van der Waals surface area contributed by atoms with Gasteiger partial charge in [-0.05, 0) is 127 Å². The number of amides is 6. The lowest BCUT2D eigenvalue weighted by Gasteiger charge is -2.54. The minimum atomic E-state index is -3.33. The molecule has 3 saturated heterocycles. The molecule has 0 N–H and O–H groups in total. The van der Waals surface area contributed by atoms with E-state index in [0.29, 0.717) is 4.90 Å². The number of esters is 6. The van der Waals surface area contributed by atoms with Crippen LogP contribution in [-0.4, -0.2) is 213 Å². The first-order valence-corrected chi connectivity index (χ1v) is 41.6. The third-order valence-corrected chi connectivity index (χ3v) is 26.7. The lowest BCUT2D eigenvalue weighted by atomic mass is 9.91. The fourth-order valence-electron chi connectivity index (χ4n) is 15.2. The molecule has 0 radical (unpaired) electrons. The van der Waals surface area contributed by atoms with Gasteiger partial charge in [-0.2, -0.15) is 0 Å². The van der Waals surface area contributed by atoms with Crippen molar-refractivity contribution in [1.29, 1.82) is 0 Å². The predicted octanol–water partition coefficient (Wildman–Crippen LogP) is 11.2. The lowest BCUT2D eigenvalue weighted by molar-refractivity contribution is -0.358. The highest BCUT2D eigenvalue weighted by atomic mass is 28.4. The molecule has 6 heterocycles. The lowest BCUT2D eigenvalue weighted by Crippen LogP contribution is -2.73. The van der Waals surface area contributed by atoms with E-state index in [1.165, 1.54) is 177 Å². The summed E-state index contributed by atoms with van der Waals surface area (Å²) in [6, 6.07) is 56.7. The van der Waals surface area contributed by atoms with Gasteiger partial charge in [-0.15, -0.1) is 0 Å². The first kappa shape index (κ1) is 82.3. The molecular weight excluding hydrogens is 1560 g/mol. The van der Waals surface area contributed by atoms with Gasteiger partial charge in [0.15, 0.2) is 45.5 Å². The molecule has 28 nitrogen and oxygen atoms in total. The number of nitrogens with zero attached hydrogens (tertiary/aromatic N) is 3. The largest absolute Gasteiger partial charge is 0.459 e. The molecule has 15 rings (SSSR count). The molecule has 29 heteroatoms. The number of rotatable bonds is 25. The third kappa shape index (κ3) is 16.5. The highest BCUT2D eigenvalue weighted by Crippen LogP contribution is 2.46. The smallest absolute Gasteiger partial charge is 0.338 e. The Morgan fingerprint density at radius 1 is 0.308 bits per heavy atom. The molecule has 0 bridgehead atoms. The van der Waals surface area contributed by atoms with Crippen molar-refractivity contribution in [3.05, 3.63) is 322 Å². The Balaban J connectivity index is 0.958. The second-order valence-electron chi connectivity index (χ2n) is 30.6. The third-order valence-electron chi connectivity index (χ3n) is 22.2. The van der Waals surface area contributed by atoms with Crippen LogP contribution in [0.15, 0.2) is 255 Å². The molecule has 7 unspecified atom stereocenters. The summed E-state index contributed by atoms with van der Waals surface area (Å²) in [5.74, 6) is -12.2. The number of hydrogen-bond acceptors (Lipinski definition) is 25. The van der Waals surface area contributed by atoms with Gasteiger partial charge < -0.3 is 61.3 Å². The van der Waals surface area contributed by atoms with Crippen LogP contribution in [-0.2, 0) is 61.3 Å². The Labute approximate surface area is 689 Å². The molecule has 6 aliphatic heterocycles. The topological polar surface area (TPSA) is 335 Å². The van der Waals surface area contributed by atoms with Crippen molar-refractivity contribution in [3.63, 3.8) is 0 Å². The Bertz CT molecular complexity index is 5290. The van der Waals surface area contributed by atoms with Crippen molar-refractivity contribution in [3.8, 4) is 0 Å². The molecule has 9 aromatic carbocycles. The predicted molar refractivity (Wildman–Crippen MR) is 424 cm³/mol. The van der Waals surface area contributed by atoms with Crippen LogP contribution in [0.5, 0.6) is 0 Å². The Morgan fingerprint density at radius 3 is 0.775 bits per heavy atom. The Hall–Kier alpha value is -12.8. The van der Waals surface area contributed by atoms with E-state index in [1.54, 1.807) is 84.9 Å². The number of hydrogen-bond donors (Lipinski definition) is 0. The van der Waals surface area contributed by atoms with Gasteiger partial charge in [-0.3, -0.25) is 43.5 Å². The SMILES string of the molecule is CO[C@H]1OC(COC(=O)c2ccccc2)[C@H](OC2OC(COC(=O)c3ccccc3)C(O[C@H]3OC(COC(=O)c4ccccc4)[C@H](O[Si](C)(C)C(C)(C)C)C(OC(=O)c4ccccc4)[C@H]3N3C(=O)c4ccccc4C3=O)[C@H](OC(=O)c3ccccc3)[C@@H]2N2C(=O)c3ccccc3C2=O)C(OC(=O)c2ccccc2)[C@H]1N1C(=O)c2ccccc2C1=O. The van der Waals surface area contributed by atoms with Gasteiger partial charge in [0.25, 0.3) is 35.4 Å². The molecule has 6 aliphatic rings. The molecular formula is C91H81N3O25Si. The van der Waals surface area contributed by atoms with Crippen molar-refractivity contribution < 1.29 is 119 Å². The van der Waals surface area contributed by atoms with E-state index in [2.05, 4.69) is 0 Å². The quantitative estimate of drug-likeness (QED) is 0.0222. The van der Waals surface area contributed by atoms with Crippen LogP contribution in [0.1, 0.15) is 145 Å². The minimum Gasteiger partial charge on any atom is -0.459 e. The number of fused-ring (bicyclic) bond motifs is 3. The average Bonchev–Trinajstić information content (AvgIpc) is 1.62. The van der Waals surface area contributed by atoms with Gasteiger partial charge in [0.05, 0.1) is 66.8 Å². The van der Waals surface area contributed by atoms with Crippen LogP contribution in [0.25, 0.3) is 0 Å². The molecule has 0 spiro atoms. The van der Waals surface area contributed by atoms with E-state index in [1.807, 2.05) is 33.9 Å². The summed E-state index contributed by atoms with van der Waals surface area (Å²) in [5, 5.41) is -0.691. The second-order valence-corrected chi connectivity index (χ2v) is 35.3. The van der Waals surface area contributed by atoms with Gasteiger partial charge >= 0.3 is 35.8 Å². The van der Waals surface area contributed by atoms with Gasteiger partial charge in [0.2, 0.25) is 0 Å². The van der Waals surface area contributed by atoms with Crippen LogP contribution in [0.4, 0.5) is 0 Å². The summed E-state index contributed by atoms with van der Waals surface area (Å²) in [6.45, 7) is 6.82. The number of imide groups is 3. The normalized spacial score (nSPS) is 24.6. The number of benzene rings is 9. The van der Waals surface area contributed by atoms with Crippen molar-refractivity contribution in [2.45, 2.75) is 131 Å². The van der Waals surface area contributed by atoms with E-state index >= 15 is 43.2 Å². The van der Waals surface area contributed by atoms with Crippen molar-refractivity contribution in [2.24, 2.45) is 0 Å².